The number of piperazine rings is 1. The molecule has 1 aromatic carbocycles. The number of rotatable bonds is 5. The Bertz CT molecular complexity index is 991. The van der Waals surface area contributed by atoms with Crippen LogP contribution in [0.15, 0.2) is 47.9 Å². The number of para-hydroxylation sites is 1. The van der Waals surface area contributed by atoms with Crippen molar-refractivity contribution < 1.29 is 4.79 Å². The molecule has 1 N–H and O–H groups in total. The molecule has 2 aromatic heterocycles. The van der Waals surface area contributed by atoms with E-state index in [9.17, 15) is 9.70 Å². The first-order valence-corrected chi connectivity index (χ1v) is 9.12. The summed E-state index contributed by atoms with van der Waals surface area (Å²) in [7, 11) is 1.98. The number of hydrogen-bond donors (Lipinski definition) is 1. The van der Waals surface area contributed by atoms with Crippen LogP contribution in [0.2, 0.25) is 0 Å². The lowest BCUT2D eigenvalue weighted by Crippen LogP contribution is -2.46. The molecule has 0 aliphatic carbocycles. The number of nitrogens with zero attached hydrogens (tertiary/aromatic N) is 6. The van der Waals surface area contributed by atoms with Gasteiger partial charge in [0.05, 0.1) is 22.1 Å². The molecule has 0 radical (unpaired) electrons. The van der Waals surface area contributed by atoms with Crippen LogP contribution in [0.3, 0.4) is 0 Å². The standard InChI is InChI=1S/C19H21N7O2/c1-24-17-5-3-2-4-15(17)16(22-24)13-25-8-10-26(11-9-25)18-7-6-14(12-20-18)19(27)21-23-28/h2-7,12H,8-11,13H2,1H3,(H,21,27,28). The zero-order valence-electron chi connectivity index (χ0n) is 15.6. The number of carbonyl (C=O) groups excluding carboxylic acids is 1. The molecule has 144 valence electrons. The maximum atomic E-state index is 11.6. The Labute approximate surface area is 161 Å². The van der Waals surface area contributed by atoms with E-state index in [2.05, 4.69) is 37.3 Å². The fourth-order valence-corrected chi connectivity index (χ4v) is 3.57. The molecule has 1 fully saturated rings. The van der Waals surface area contributed by atoms with Crippen molar-refractivity contribution >= 4 is 22.6 Å². The Kier molecular flexibility index (Phi) is 4.98. The number of aryl methyl sites for hydroxylation is 1. The van der Waals surface area contributed by atoms with Gasteiger partial charge in [-0.05, 0) is 18.2 Å². The third-order valence-electron chi connectivity index (χ3n) is 5.06. The van der Waals surface area contributed by atoms with Gasteiger partial charge < -0.3 is 4.90 Å². The molecule has 0 atom stereocenters. The summed E-state index contributed by atoms with van der Waals surface area (Å²) in [4.78, 5) is 30.6. The van der Waals surface area contributed by atoms with E-state index < -0.39 is 5.91 Å². The molecule has 9 heteroatoms. The lowest BCUT2D eigenvalue weighted by atomic mass is 10.2. The highest BCUT2D eigenvalue weighted by molar-refractivity contribution is 5.93. The molecule has 1 aliphatic rings. The molecule has 3 heterocycles. The molecular formula is C19H21N7O2. The lowest BCUT2D eigenvalue weighted by molar-refractivity contribution is 0.0954. The normalized spacial score (nSPS) is 15.0. The van der Waals surface area contributed by atoms with Crippen LogP contribution in [0.4, 0.5) is 5.82 Å². The number of fused-ring (bicyclic) bond motifs is 1. The van der Waals surface area contributed by atoms with Gasteiger partial charge in [-0.3, -0.25) is 14.4 Å². The first kappa shape index (κ1) is 18.1. The van der Waals surface area contributed by atoms with Gasteiger partial charge in [0.2, 0.25) is 0 Å². The summed E-state index contributed by atoms with van der Waals surface area (Å²) in [5.41, 5.74) is 4.42. The summed E-state index contributed by atoms with van der Waals surface area (Å²) >= 11 is 0. The van der Waals surface area contributed by atoms with E-state index in [1.165, 1.54) is 11.6 Å². The SMILES string of the molecule is Cn1nc(CN2CCN(c3ccc(C(=O)NN=O)cn3)CC2)c2ccccc21. The topological polar surface area (TPSA) is 95.7 Å². The van der Waals surface area contributed by atoms with E-state index in [4.69, 9.17) is 0 Å². The fraction of sp³-hybridized carbons (Fsp3) is 0.316. The number of pyridine rings is 1. The summed E-state index contributed by atoms with van der Waals surface area (Å²) < 4.78 is 1.93. The predicted molar refractivity (Wildman–Crippen MR) is 106 cm³/mol. The van der Waals surface area contributed by atoms with Crippen LogP contribution in [0, 0.1) is 4.91 Å². The Morgan fingerprint density at radius 3 is 2.64 bits per heavy atom. The zero-order chi connectivity index (χ0) is 19.5. The van der Waals surface area contributed by atoms with Gasteiger partial charge >= 0.3 is 0 Å². The fourth-order valence-electron chi connectivity index (χ4n) is 3.57. The second kappa shape index (κ2) is 7.73. The highest BCUT2D eigenvalue weighted by Crippen LogP contribution is 2.20. The minimum Gasteiger partial charge on any atom is -0.354 e. The van der Waals surface area contributed by atoms with Gasteiger partial charge in [-0.25, -0.2) is 10.4 Å². The maximum Gasteiger partial charge on any atom is 0.275 e. The van der Waals surface area contributed by atoms with E-state index in [1.54, 1.807) is 12.1 Å². The van der Waals surface area contributed by atoms with Crippen molar-refractivity contribution in [3.8, 4) is 0 Å². The molecule has 9 nitrogen and oxygen atoms in total. The third-order valence-corrected chi connectivity index (χ3v) is 5.06. The van der Waals surface area contributed by atoms with Crippen LogP contribution in [-0.4, -0.2) is 51.8 Å². The largest absolute Gasteiger partial charge is 0.354 e. The molecule has 0 saturated carbocycles. The Morgan fingerprint density at radius 1 is 1.14 bits per heavy atom. The van der Waals surface area contributed by atoms with E-state index in [1.807, 2.05) is 29.3 Å². The van der Waals surface area contributed by atoms with Crippen LogP contribution in [-0.2, 0) is 13.6 Å². The summed E-state index contributed by atoms with van der Waals surface area (Å²) in [5, 5.41) is 8.27. The highest BCUT2D eigenvalue weighted by atomic mass is 16.3. The second-order valence-corrected chi connectivity index (χ2v) is 6.79. The van der Waals surface area contributed by atoms with E-state index in [0.717, 1.165) is 49.8 Å². The maximum absolute atomic E-state index is 11.6. The van der Waals surface area contributed by atoms with Crippen molar-refractivity contribution in [2.45, 2.75) is 6.54 Å². The molecule has 4 rings (SSSR count). The van der Waals surface area contributed by atoms with Gasteiger partial charge in [-0.15, -0.1) is 4.91 Å². The first-order chi connectivity index (χ1) is 13.7. The van der Waals surface area contributed by atoms with Gasteiger partial charge in [-0.2, -0.15) is 5.10 Å². The van der Waals surface area contributed by atoms with Crippen molar-refractivity contribution in [1.82, 2.24) is 25.1 Å². The molecular weight excluding hydrogens is 358 g/mol. The monoisotopic (exact) mass is 379 g/mol. The Morgan fingerprint density at radius 2 is 1.93 bits per heavy atom. The van der Waals surface area contributed by atoms with E-state index in [-0.39, 0.29) is 0 Å². The summed E-state index contributed by atoms with van der Waals surface area (Å²) in [5.74, 6) is 0.264. The zero-order valence-corrected chi connectivity index (χ0v) is 15.6. The van der Waals surface area contributed by atoms with Crippen molar-refractivity contribution in [2.24, 2.45) is 12.3 Å². The van der Waals surface area contributed by atoms with Crippen molar-refractivity contribution in [3.63, 3.8) is 0 Å². The quantitative estimate of drug-likeness (QED) is 0.535. The number of anilines is 1. The van der Waals surface area contributed by atoms with Gasteiger partial charge in [-0.1, -0.05) is 18.2 Å². The lowest BCUT2D eigenvalue weighted by Gasteiger charge is -2.35. The van der Waals surface area contributed by atoms with Crippen LogP contribution in [0.1, 0.15) is 16.1 Å². The predicted octanol–water partition coefficient (Wildman–Crippen LogP) is 1.70. The molecule has 0 unspecified atom stereocenters. The highest BCUT2D eigenvalue weighted by Gasteiger charge is 2.20. The van der Waals surface area contributed by atoms with Crippen LogP contribution in [0.25, 0.3) is 10.9 Å². The van der Waals surface area contributed by atoms with Gasteiger partial charge in [0.1, 0.15) is 5.82 Å². The number of nitrogens with one attached hydrogen (secondary N) is 1. The Balaban J connectivity index is 1.38. The first-order valence-electron chi connectivity index (χ1n) is 9.12. The summed E-state index contributed by atoms with van der Waals surface area (Å²) in [6, 6.07) is 11.7. The van der Waals surface area contributed by atoms with Crippen LogP contribution < -0.4 is 10.3 Å². The van der Waals surface area contributed by atoms with E-state index in [0.29, 0.717) is 5.56 Å². The molecule has 28 heavy (non-hydrogen) atoms. The Hall–Kier alpha value is -3.33. The van der Waals surface area contributed by atoms with Gasteiger partial charge in [0.25, 0.3) is 5.91 Å². The third kappa shape index (κ3) is 3.56. The number of benzene rings is 1. The smallest absolute Gasteiger partial charge is 0.275 e. The number of carbonyl (C=O) groups is 1. The number of hydrogen-bond acceptors (Lipinski definition) is 7. The number of amides is 1. The van der Waals surface area contributed by atoms with E-state index >= 15 is 0 Å². The molecule has 0 bridgehead atoms. The van der Waals surface area contributed by atoms with Crippen LogP contribution in [0.5, 0.6) is 0 Å². The summed E-state index contributed by atoms with van der Waals surface area (Å²) in [6.45, 7) is 4.33. The van der Waals surface area contributed by atoms with Crippen molar-refractivity contribution in [2.75, 3.05) is 31.1 Å². The molecule has 1 amide bonds. The van der Waals surface area contributed by atoms with Crippen molar-refractivity contribution in [3.05, 3.63) is 58.8 Å². The minimum atomic E-state index is -0.554. The molecule has 1 saturated heterocycles. The molecule has 1 aliphatic heterocycles. The second-order valence-electron chi connectivity index (χ2n) is 6.79. The van der Waals surface area contributed by atoms with Gasteiger partial charge in [0.15, 0.2) is 0 Å². The molecule has 3 aromatic rings. The van der Waals surface area contributed by atoms with Crippen LogP contribution >= 0.6 is 0 Å². The van der Waals surface area contributed by atoms with Gasteiger partial charge in [0, 0.05) is 51.4 Å². The summed E-state index contributed by atoms with van der Waals surface area (Å²) in [6.07, 6.45) is 1.46. The number of nitroso groups, excluding NO2 is 1. The molecule has 0 spiro atoms. The van der Waals surface area contributed by atoms with Crippen molar-refractivity contribution in [1.29, 1.82) is 0 Å². The minimum absolute atomic E-state index is 0.309. The average molecular weight is 379 g/mol. The average Bonchev–Trinajstić information content (AvgIpc) is 3.05. The number of aromatic nitrogens is 3.